The molecular formula is C20H32N2O. The Morgan fingerprint density at radius 3 is 2.57 bits per heavy atom. The Hall–Kier alpha value is -1.35. The van der Waals surface area contributed by atoms with Gasteiger partial charge in [0.25, 0.3) is 0 Å². The lowest BCUT2D eigenvalue weighted by molar-refractivity contribution is -0.116. The van der Waals surface area contributed by atoms with Crippen LogP contribution in [0.4, 0.5) is 5.69 Å². The Balaban J connectivity index is 0.00000208. The van der Waals surface area contributed by atoms with Crippen LogP contribution in [0.2, 0.25) is 0 Å². The second-order valence-corrected chi connectivity index (χ2v) is 8.53. The molecule has 1 aromatic rings. The first-order chi connectivity index (χ1) is 10.9. The minimum atomic E-state index is 0. The van der Waals surface area contributed by atoms with Crippen LogP contribution in [0.15, 0.2) is 24.3 Å². The van der Waals surface area contributed by atoms with Crippen molar-refractivity contribution >= 4 is 11.6 Å². The Kier molecular flexibility index (Phi) is 4.50. The van der Waals surface area contributed by atoms with E-state index < -0.39 is 0 Å². The van der Waals surface area contributed by atoms with Crippen molar-refractivity contribution < 1.29 is 6.22 Å². The van der Waals surface area contributed by atoms with Gasteiger partial charge in [0.1, 0.15) is 0 Å². The molecule has 0 aromatic heterocycles. The van der Waals surface area contributed by atoms with Gasteiger partial charge in [0.15, 0.2) is 0 Å². The van der Waals surface area contributed by atoms with Crippen molar-refractivity contribution in [1.29, 1.82) is 0 Å². The maximum Gasteiger partial charge on any atom is 0.224 e. The zero-order chi connectivity index (χ0) is 16.5. The molecule has 1 N–H and O–H groups in total. The van der Waals surface area contributed by atoms with E-state index in [2.05, 4.69) is 49.2 Å². The molecule has 3 rings (SSSR count). The number of para-hydroxylation sites is 1. The van der Waals surface area contributed by atoms with E-state index in [1.54, 1.807) is 0 Å². The quantitative estimate of drug-likeness (QED) is 0.875. The minimum absolute atomic E-state index is 0. The van der Waals surface area contributed by atoms with Crippen LogP contribution in [0.25, 0.3) is 0 Å². The summed E-state index contributed by atoms with van der Waals surface area (Å²) in [5.74, 6) is 0.171. The van der Waals surface area contributed by atoms with Gasteiger partial charge in [-0.1, -0.05) is 39.0 Å². The molecule has 0 saturated carbocycles. The highest BCUT2D eigenvalue weighted by molar-refractivity contribution is 5.92. The van der Waals surface area contributed by atoms with Gasteiger partial charge in [-0.15, -0.1) is 0 Å². The topological polar surface area (TPSA) is 32.3 Å². The number of nitrogens with zero attached hydrogens (tertiary/aromatic N) is 1. The van der Waals surface area contributed by atoms with Crippen LogP contribution >= 0.6 is 0 Å². The summed E-state index contributed by atoms with van der Waals surface area (Å²) >= 11 is 0. The van der Waals surface area contributed by atoms with Gasteiger partial charge < -0.3 is 10.2 Å². The van der Waals surface area contributed by atoms with Crippen LogP contribution in [0.5, 0.6) is 0 Å². The van der Waals surface area contributed by atoms with Crippen molar-refractivity contribution in [3.63, 3.8) is 0 Å². The third-order valence-electron chi connectivity index (χ3n) is 5.59. The van der Waals surface area contributed by atoms with Gasteiger partial charge in [0, 0.05) is 18.9 Å². The minimum Gasteiger partial charge on any atom is -0.326 e. The molecule has 1 spiro atoms. The number of amides is 1. The summed E-state index contributed by atoms with van der Waals surface area (Å²) in [5, 5.41) is 3.10. The summed E-state index contributed by atoms with van der Waals surface area (Å²) < 4.78 is 0. The number of carbonyl (C=O) groups excluding carboxylic acids is 1. The second-order valence-electron chi connectivity index (χ2n) is 8.53. The zero-order valence-electron chi connectivity index (χ0n) is 14.8. The molecule has 1 amide bonds. The molecule has 1 saturated heterocycles. The number of anilines is 1. The average molecular weight is 316 g/mol. The number of rotatable bonds is 2. The fourth-order valence-corrected chi connectivity index (χ4v) is 3.97. The summed E-state index contributed by atoms with van der Waals surface area (Å²) in [4.78, 5) is 14.6. The standard InChI is InChI=1S/C20H30N2O.H2/c1-19(2,3)10-13-22-14-11-20(12-15-22)9-8-18(23)21-17-7-5-4-6-16(17)20;/h4-7H,8-15H2,1-3H3,(H,21,23);1H. The van der Waals surface area contributed by atoms with E-state index in [1.165, 1.54) is 31.4 Å². The third-order valence-corrected chi connectivity index (χ3v) is 5.59. The van der Waals surface area contributed by atoms with Crippen LogP contribution in [-0.4, -0.2) is 30.4 Å². The van der Waals surface area contributed by atoms with Gasteiger partial charge in [0.2, 0.25) is 5.91 Å². The highest BCUT2D eigenvalue weighted by atomic mass is 16.1. The summed E-state index contributed by atoms with van der Waals surface area (Å²) in [6, 6.07) is 8.43. The van der Waals surface area contributed by atoms with Gasteiger partial charge >= 0.3 is 0 Å². The van der Waals surface area contributed by atoms with Crippen LogP contribution in [0.1, 0.15) is 59.9 Å². The van der Waals surface area contributed by atoms with Gasteiger partial charge in [0.05, 0.1) is 0 Å². The molecule has 0 aliphatic carbocycles. The fraction of sp³-hybridized carbons (Fsp3) is 0.650. The van der Waals surface area contributed by atoms with E-state index in [-0.39, 0.29) is 12.7 Å². The molecule has 2 heterocycles. The largest absolute Gasteiger partial charge is 0.326 e. The molecule has 3 heteroatoms. The summed E-state index contributed by atoms with van der Waals surface area (Å²) in [6.07, 6.45) is 5.22. The van der Waals surface area contributed by atoms with Crippen molar-refractivity contribution in [2.24, 2.45) is 5.41 Å². The lowest BCUT2D eigenvalue weighted by Gasteiger charge is -2.42. The van der Waals surface area contributed by atoms with Gasteiger partial charge in [-0.25, -0.2) is 0 Å². The number of hydrogen-bond acceptors (Lipinski definition) is 2. The number of benzene rings is 1. The number of nitrogens with one attached hydrogen (secondary N) is 1. The smallest absolute Gasteiger partial charge is 0.224 e. The van der Waals surface area contributed by atoms with E-state index in [0.29, 0.717) is 11.8 Å². The van der Waals surface area contributed by atoms with E-state index in [0.717, 1.165) is 25.2 Å². The van der Waals surface area contributed by atoms with E-state index in [4.69, 9.17) is 0 Å². The SMILES string of the molecule is CC(C)(C)CCN1CCC2(CCC(=O)Nc3ccccc32)CC1.[HH]. The van der Waals surface area contributed by atoms with Crippen LogP contribution in [0, 0.1) is 5.41 Å². The Morgan fingerprint density at radius 1 is 1.17 bits per heavy atom. The normalized spacial score (nSPS) is 21.6. The lowest BCUT2D eigenvalue weighted by atomic mass is 9.69. The van der Waals surface area contributed by atoms with Crippen molar-refractivity contribution in [3.8, 4) is 0 Å². The third kappa shape index (κ3) is 3.77. The number of hydrogen-bond donors (Lipinski definition) is 1. The number of carbonyl (C=O) groups is 1. The molecule has 23 heavy (non-hydrogen) atoms. The summed E-state index contributed by atoms with van der Waals surface area (Å²) in [6.45, 7) is 10.4. The monoisotopic (exact) mass is 316 g/mol. The molecule has 0 unspecified atom stereocenters. The lowest BCUT2D eigenvalue weighted by Crippen LogP contribution is -2.43. The molecule has 0 bridgehead atoms. The van der Waals surface area contributed by atoms with Crippen molar-refractivity contribution in [2.75, 3.05) is 25.0 Å². The molecular weight excluding hydrogens is 284 g/mol. The molecule has 2 aliphatic heterocycles. The molecule has 1 fully saturated rings. The van der Waals surface area contributed by atoms with Crippen molar-refractivity contribution in [1.82, 2.24) is 4.90 Å². The Labute approximate surface area is 141 Å². The first-order valence-electron chi connectivity index (χ1n) is 9.00. The average Bonchev–Trinajstić information content (AvgIpc) is 2.64. The molecule has 2 aliphatic rings. The number of likely N-dealkylation sites (tertiary alicyclic amines) is 1. The maximum absolute atomic E-state index is 12.0. The van der Waals surface area contributed by atoms with Crippen LogP contribution < -0.4 is 5.32 Å². The molecule has 0 radical (unpaired) electrons. The van der Waals surface area contributed by atoms with Gasteiger partial charge in [-0.2, -0.15) is 0 Å². The first-order valence-corrected chi connectivity index (χ1v) is 9.00. The van der Waals surface area contributed by atoms with Crippen molar-refractivity contribution in [2.45, 2.75) is 58.3 Å². The highest BCUT2D eigenvalue weighted by Crippen LogP contribution is 2.44. The maximum atomic E-state index is 12.0. The number of piperidine rings is 1. The van der Waals surface area contributed by atoms with Gasteiger partial charge in [-0.3, -0.25) is 4.79 Å². The number of fused-ring (bicyclic) bond motifs is 2. The van der Waals surface area contributed by atoms with E-state index >= 15 is 0 Å². The predicted molar refractivity (Wildman–Crippen MR) is 97.8 cm³/mol. The summed E-state index contributed by atoms with van der Waals surface area (Å²) in [7, 11) is 0. The predicted octanol–water partition coefficient (Wildman–Crippen LogP) is 4.43. The first kappa shape index (κ1) is 16.5. The van der Waals surface area contributed by atoms with Crippen LogP contribution in [0.3, 0.4) is 0 Å². The second kappa shape index (κ2) is 6.27. The van der Waals surface area contributed by atoms with Crippen molar-refractivity contribution in [3.05, 3.63) is 29.8 Å². The highest BCUT2D eigenvalue weighted by Gasteiger charge is 2.39. The zero-order valence-corrected chi connectivity index (χ0v) is 14.8. The molecule has 128 valence electrons. The molecule has 3 nitrogen and oxygen atoms in total. The van der Waals surface area contributed by atoms with Crippen LogP contribution in [-0.2, 0) is 10.2 Å². The van der Waals surface area contributed by atoms with E-state index in [9.17, 15) is 4.79 Å². The van der Waals surface area contributed by atoms with E-state index in [1.807, 2.05) is 6.07 Å². The summed E-state index contributed by atoms with van der Waals surface area (Å²) in [5.41, 5.74) is 2.99. The molecule has 1 aromatic carbocycles. The Bertz CT molecular complexity index is 571. The molecule has 0 atom stereocenters. The van der Waals surface area contributed by atoms with Gasteiger partial charge in [-0.05, 0) is 62.4 Å². The fourth-order valence-electron chi connectivity index (χ4n) is 3.97. The Morgan fingerprint density at radius 2 is 1.87 bits per heavy atom.